The van der Waals surface area contributed by atoms with Crippen LogP contribution >= 0.6 is 0 Å². The summed E-state index contributed by atoms with van der Waals surface area (Å²) in [6, 6.07) is -12.9. The number of guanidine groups is 1. The summed E-state index contributed by atoms with van der Waals surface area (Å²) < 4.78 is 0. The van der Waals surface area contributed by atoms with E-state index in [4.69, 9.17) is 22.9 Å². The van der Waals surface area contributed by atoms with Gasteiger partial charge in [0.15, 0.2) is 36.8 Å². The van der Waals surface area contributed by atoms with Crippen LogP contribution in [0.2, 0.25) is 0 Å². The van der Waals surface area contributed by atoms with Crippen LogP contribution in [0.3, 0.4) is 0 Å². The van der Waals surface area contributed by atoms with Crippen molar-refractivity contribution in [2.24, 2.45) is 27.9 Å². The summed E-state index contributed by atoms with van der Waals surface area (Å²) in [6.07, 6.45) is -12.5. The summed E-state index contributed by atoms with van der Waals surface area (Å²) in [5.41, 5.74) is 21.2. The lowest BCUT2D eigenvalue weighted by Gasteiger charge is -2.29. The third kappa shape index (κ3) is 29.9. The molecule has 0 aliphatic carbocycles. The van der Waals surface area contributed by atoms with E-state index < -0.39 is 182 Å². The zero-order valence-electron chi connectivity index (χ0n) is 46.0. The molecular formula is C45H73N19O20. The van der Waals surface area contributed by atoms with Gasteiger partial charge in [-0.05, 0) is 47.5 Å². The highest BCUT2D eigenvalue weighted by molar-refractivity contribution is 5.98. The smallest absolute Gasteiger partial charge is 0.305 e. The summed E-state index contributed by atoms with van der Waals surface area (Å²) >= 11 is 0. The maximum atomic E-state index is 14.1. The lowest BCUT2D eigenvalue weighted by Crippen LogP contribution is -2.68. The molecule has 0 saturated heterocycles. The molecule has 0 aliphatic rings. The van der Waals surface area contributed by atoms with Gasteiger partial charge in [0.25, 0.3) is 29.5 Å². The second-order valence-electron chi connectivity index (χ2n) is 18.1. The Bertz CT molecular complexity index is 2410. The lowest BCUT2D eigenvalue weighted by molar-refractivity contribution is -0.140. The van der Waals surface area contributed by atoms with Crippen molar-refractivity contribution in [3.63, 3.8) is 0 Å². The number of hydrogen-bond donors (Lipinski definition) is 20. The predicted molar refractivity (Wildman–Crippen MR) is 284 cm³/mol. The van der Waals surface area contributed by atoms with E-state index in [1.807, 2.05) is 10.6 Å². The van der Waals surface area contributed by atoms with Gasteiger partial charge in [0.2, 0.25) is 29.5 Å². The SMILES string of the molecule is C[C@H](NC(=O)[C@@H](NC(=O)[C@H](NC(=O)[C@H](NCC=O)NC(=O)[C@H](C)NC(=O)[C@H](C)NC(=O)[C@H](C)N[C@@H](C)C=O)N[C@@H](C=O)CC(=O)O)N[C@@H](C=O)CC(=O)O)C(=O)N[C@@H](N[C@@H](C=O)CC(N)=O)C(=O)N[C@H](N[C@@H](C=O)CCCN=C(N)N)C(N)=O. The van der Waals surface area contributed by atoms with Crippen molar-refractivity contribution in [2.75, 3.05) is 13.1 Å². The standard InChI is InChI=1S/C45H73N19O20/c1-19(14-66)52-20(2)37(77)53-21(3)38(78)54-22(4)39(79)61-33(50-9-10-65)41(81)63-36(59-27(18-70)13-30(74)75)44(84)64-34(58-26(17-69)12-29(72)73)42(82)55-23(5)40(80)62-35(57-25(16-68)11-28(46)71)43(83)60-32(31(47)76)56-24(15-67)7-6-8-51-45(48)49/h10,14-27,32-36,50,52,56-59H,6-9,11-13H2,1-5H3,(H2,46,71)(H2,47,76)(H,53,77)(H,54,78)(H,55,82)(H,60,83)(H,61,79)(H,62,80)(H,63,81)(H,64,84)(H,72,73)(H,74,75)(H4,48,49,51)/t19-,20-,21-,22-,23-,24+,25+,26+,27+,32-,33+,34+,35+,36-/m0/s1. The summed E-state index contributed by atoms with van der Waals surface area (Å²) in [7, 11) is 0. The number of carboxylic acid groups (broad SMARTS) is 2. The molecule has 39 heteroatoms. The van der Waals surface area contributed by atoms with Gasteiger partial charge >= 0.3 is 11.9 Å². The van der Waals surface area contributed by atoms with Gasteiger partial charge < -0.3 is 104 Å². The molecule has 468 valence electrons. The highest BCUT2D eigenvalue weighted by Gasteiger charge is 2.36. The van der Waals surface area contributed by atoms with Gasteiger partial charge in [-0.15, -0.1) is 0 Å². The number of rotatable bonds is 45. The van der Waals surface area contributed by atoms with Crippen molar-refractivity contribution in [3.05, 3.63) is 0 Å². The minimum Gasteiger partial charge on any atom is -0.481 e. The fraction of sp³-hybridized carbons (Fsp3) is 0.578. The molecule has 84 heavy (non-hydrogen) atoms. The number of nitrogens with two attached hydrogens (primary N) is 4. The normalized spacial score (nSPS) is 15.8. The van der Waals surface area contributed by atoms with E-state index in [0.717, 1.165) is 13.8 Å². The number of aliphatic carboxylic acids is 2. The molecule has 0 aromatic rings. The van der Waals surface area contributed by atoms with Crippen LogP contribution in [0.25, 0.3) is 0 Å². The first kappa shape index (κ1) is 74.7. The number of carbonyl (C=O) groups is 18. The van der Waals surface area contributed by atoms with E-state index in [-0.39, 0.29) is 50.5 Å². The topological polar surface area (TPSA) is 633 Å². The molecule has 0 aliphatic heterocycles. The largest absolute Gasteiger partial charge is 0.481 e. The van der Waals surface area contributed by atoms with Crippen molar-refractivity contribution in [2.45, 2.75) is 152 Å². The van der Waals surface area contributed by atoms with Gasteiger partial charge in [-0.1, -0.05) is 0 Å². The third-order valence-electron chi connectivity index (χ3n) is 10.9. The Hall–Kier alpha value is -9.31. The van der Waals surface area contributed by atoms with Crippen LogP contribution in [0, 0.1) is 0 Å². The summed E-state index contributed by atoms with van der Waals surface area (Å²) in [5.74, 6) is -16.1. The number of primary amides is 2. The number of amides is 10. The molecule has 0 spiro atoms. The number of aldehydes is 6. The van der Waals surface area contributed by atoms with Gasteiger partial charge in [0.1, 0.15) is 55.8 Å². The number of aliphatic imine (C=N–C) groups is 1. The fourth-order valence-corrected chi connectivity index (χ4v) is 6.61. The number of nitrogens with one attached hydrogen (secondary N) is 14. The second kappa shape index (κ2) is 39.2. The Morgan fingerprint density at radius 1 is 0.417 bits per heavy atom. The molecule has 0 heterocycles. The van der Waals surface area contributed by atoms with Gasteiger partial charge in [-0.2, -0.15) is 0 Å². The number of nitrogens with zero attached hydrogens (tertiary/aromatic N) is 1. The first-order valence-corrected chi connectivity index (χ1v) is 25.1. The Morgan fingerprint density at radius 3 is 1.14 bits per heavy atom. The maximum absolute atomic E-state index is 14.1. The molecule has 0 radical (unpaired) electrons. The summed E-state index contributed by atoms with van der Waals surface area (Å²) in [5, 5.41) is 50.0. The van der Waals surface area contributed by atoms with E-state index in [0.29, 0.717) is 12.6 Å². The van der Waals surface area contributed by atoms with Crippen LogP contribution in [-0.4, -0.2) is 223 Å². The first-order valence-electron chi connectivity index (χ1n) is 25.1. The van der Waals surface area contributed by atoms with Crippen molar-refractivity contribution in [1.82, 2.24) is 74.4 Å². The number of carboxylic acids is 2. The molecule has 0 rings (SSSR count). The van der Waals surface area contributed by atoms with E-state index in [9.17, 15) is 96.5 Å². The van der Waals surface area contributed by atoms with Crippen molar-refractivity contribution in [3.8, 4) is 0 Å². The number of carbonyl (C=O) groups excluding carboxylic acids is 16. The molecule has 39 nitrogen and oxygen atoms in total. The van der Waals surface area contributed by atoms with Gasteiger partial charge in [-0.25, -0.2) is 0 Å². The molecule has 10 amide bonds. The Kier molecular flexibility index (Phi) is 34.8. The first-order chi connectivity index (χ1) is 39.4. The van der Waals surface area contributed by atoms with Crippen molar-refractivity contribution >= 4 is 115 Å². The molecule has 0 aromatic heterocycles. The average Bonchev–Trinajstić information content (AvgIpc) is 3.61. The van der Waals surface area contributed by atoms with Crippen LogP contribution in [0.1, 0.15) is 66.7 Å². The van der Waals surface area contributed by atoms with Crippen LogP contribution < -0.4 is 97.4 Å². The Morgan fingerprint density at radius 2 is 0.762 bits per heavy atom. The molecule has 0 unspecified atom stereocenters. The highest BCUT2D eigenvalue weighted by atomic mass is 16.4. The Labute approximate surface area is 477 Å². The van der Waals surface area contributed by atoms with E-state index >= 15 is 0 Å². The average molecular weight is 1200 g/mol. The zero-order valence-corrected chi connectivity index (χ0v) is 46.0. The van der Waals surface area contributed by atoms with E-state index in [1.165, 1.54) is 20.8 Å². The van der Waals surface area contributed by atoms with Crippen LogP contribution in [0.5, 0.6) is 0 Å². The van der Waals surface area contributed by atoms with Gasteiger partial charge in [0, 0.05) is 13.0 Å². The van der Waals surface area contributed by atoms with E-state index in [1.54, 1.807) is 0 Å². The van der Waals surface area contributed by atoms with Crippen LogP contribution in [0.15, 0.2) is 4.99 Å². The fourth-order valence-electron chi connectivity index (χ4n) is 6.61. The van der Waals surface area contributed by atoms with Crippen LogP contribution in [-0.2, 0) is 86.3 Å². The van der Waals surface area contributed by atoms with E-state index in [2.05, 4.69) is 68.8 Å². The monoisotopic (exact) mass is 1200 g/mol. The molecule has 0 saturated carbocycles. The minimum atomic E-state index is -2.37. The highest BCUT2D eigenvalue weighted by Crippen LogP contribution is 2.02. The molecule has 0 aromatic carbocycles. The molecular weight excluding hydrogens is 1130 g/mol. The minimum absolute atomic E-state index is 0.0172. The number of hydrogen-bond acceptors (Lipinski definition) is 25. The second-order valence-corrected chi connectivity index (χ2v) is 18.1. The third-order valence-corrected chi connectivity index (χ3v) is 10.9. The summed E-state index contributed by atoms with van der Waals surface area (Å²) in [4.78, 5) is 230. The summed E-state index contributed by atoms with van der Waals surface area (Å²) in [6.45, 7) is 5.54. The molecule has 0 fully saturated rings. The molecule has 24 N–H and O–H groups in total. The van der Waals surface area contributed by atoms with Crippen LogP contribution in [0.4, 0.5) is 0 Å². The molecule has 14 atom stereocenters. The lowest BCUT2D eigenvalue weighted by atomic mass is 10.1. The van der Waals surface area contributed by atoms with Gasteiger partial charge in [-0.3, -0.25) is 94.4 Å². The Balaban J connectivity index is 7.02. The van der Waals surface area contributed by atoms with Crippen molar-refractivity contribution in [1.29, 1.82) is 0 Å². The quantitative estimate of drug-likeness (QED) is 0.00885. The zero-order chi connectivity index (χ0) is 64.4. The predicted octanol–water partition coefficient (Wildman–Crippen LogP) is -12.9. The van der Waals surface area contributed by atoms with Crippen molar-refractivity contribution < 1.29 is 96.5 Å². The molecule has 0 bridgehead atoms. The van der Waals surface area contributed by atoms with Gasteiger partial charge in [0.05, 0.1) is 55.6 Å². The maximum Gasteiger partial charge on any atom is 0.305 e.